The molecule has 0 saturated carbocycles. The maximum atomic E-state index is 13.2. The Bertz CT molecular complexity index is 1220. The Kier molecular flexibility index (Phi) is 5.57. The Labute approximate surface area is 179 Å². The lowest BCUT2D eigenvalue weighted by Gasteiger charge is -2.34. The summed E-state index contributed by atoms with van der Waals surface area (Å²) >= 11 is 0. The summed E-state index contributed by atoms with van der Waals surface area (Å²) in [5.74, 6) is -1.79. The van der Waals surface area contributed by atoms with Gasteiger partial charge < -0.3 is 49.3 Å². The predicted molar refractivity (Wildman–Crippen MR) is 108 cm³/mol. The van der Waals surface area contributed by atoms with E-state index in [1.54, 1.807) is 0 Å². The van der Waals surface area contributed by atoms with E-state index in [2.05, 4.69) is 0 Å². The van der Waals surface area contributed by atoms with Gasteiger partial charge in [-0.15, -0.1) is 0 Å². The van der Waals surface area contributed by atoms with Gasteiger partial charge in [0.1, 0.15) is 40.8 Å². The number of phenolic OH excluding ortho intramolecular Hbond substituents is 3. The van der Waals surface area contributed by atoms with E-state index < -0.39 is 41.5 Å². The number of benzene rings is 2. The lowest BCUT2D eigenvalue weighted by molar-refractivity contribution is -0.242. The summed E-state index contributed by atoms with van der Waals surface area (Å²) in [6.45, 7) is -0.375. The second-order valence-corrected chi connectivity index (χ2v) is 7.18. The van der Waals surface area contributed by atoms with Crippen LogP contribution in [-0.4, -0.2) is 69.0 Å². The number of aliphatic hydroxyl groups is 3. The molecule has 0 unspecified atom stereocenters. The van der Waals surface area contributed by atoms with Crippen LogP contribution in [0.5, 0.6) is 28.7 Å². The van der Waals surface area contributed by atoms with Crippen LogP contribution in [0, 0.1) is 0 Å². The van der Waals surface area contributed by atoms with Gasteiger partial charge in [-0.3, -0.25) is 4.79 Å². The van der Waals surface area contributed by atoms with E-state index in [4.69, 9.17) is 18.6 Å². The number of aliphatic hydroxyl groups excluding tert-OH is 3. The molecule has 1 saturated heterocycles. The highest BCUT2D eigenvalue weighted by molar-refractivity contribution is 5.88. The Morgan fingerprint density at radius 1 is 1.00 bits per heavy atom. The SMILES string of the molecule is COc1ccc(-c2oc3cc(O)cc(O)c3c(=O)c2O[C@@H]2OC[C@H](O)[C@H](O)[C@H]2O)cc1O. The quantitative estimate of drug-likeness (QED) is 0.325. The number of phenols is 3. The maximum absolute atomic E-state index is 13.2. The first-order valence-corrected chi connectivity index (χ1v) is 9.44. The molecule has 1 fully saturated rings. The first-order valence-electron chi connectivity index (χ1n) is 9.44. The number of hydrogen-bond donors (Lipinski definition) is 6. The normalized spacial score (nSPS) is 23.2. The molecule has 3 aromatic rings. The average Bonchev–Trinajstić information content (AvgIpc) is 2.74. The van der Waals surface area contributed by atoms with Gasteiger partial charge in [0.25, 0.3) is 0 Å². The van der Waals surface area contributed by atoms with E-state index in [9.17, 15) is 35.4 Å². The minimum absolute atomic E-state index is 0.151. The van der Waals surface area contributed by atoms with Crippen molar-refractivity contribution in [2.75, 3.05) is 13.7 Å². The van der Waals surface area contributed by atoms with Gasteiger partial charge in [0.15, 0.2) is 17.3 Å². The monoisotopic (exact) mass is 448 g/mol. The minimum atomic E-state index is -1.71. The second kappa shape index (κ2) is 8.20. The number of aromatic hydroxyl groups is 3. The zero-order valence-corrected chi connectivity index (χ0v) is 16.6. The highest BCUT2D eigenvalue weighted by Crippen LogP contribution is 2.39. The van der Waals surface area contributed by atoms with E-state index in [0.29, 0.717) is 0 Å². The fourth-order valence-corrected chi connectivity index (χ4v) is 3.40. The number of fused-ring (bicyclic) bond motifs is 1. The fraction of sp³-hybridized carbons (Fsp3) is 0.286. The molecular weight excluding hydrogens is 428 g/mol. The molecule has 32 heavy (non-hydrogen) atoms. The molecule has 2 heterocycles. The van der Waals surface area contributed by atoms with Crippen LogP contribution in [0.4, 0.5) is 0 Å². The van der Waals surface area contributed by atoms with Crippen LogP contribution in [-0.2, 0) is 4.74 Å². The smallest absolute Gasteiger partial charge is 0.239 e. The van der Waals surface area contributed by atoms with Crippen LogP contribution in [0.3, 0.4) is 0 Å². The minimum Gasteiger partial charge on any atom is -0.508 e. The molecule has 6 N–H and O–H groups in total. The molecule has 11 nitrogen and oxygen atoms in total. The average molecular weight is 448 g/mol. The van der Waals surface area contributed by atoms with Gasteiger partial charge in [-0.1, -0.05) is 0 Å². The Balaban J connectivity index is 1.91. The van der Waals surface area contributed by atoms with Crippen LogP contribution in [0.2, 0.25) is 0 Å². The molecule has 0 aliphatic carbocycles. The molecular formula is C21H20O11. The summed E-state index contributed by atoms with van der Waals surface area (Å²) in [7, 11) is 1.35. The number of hydrogen-bond acceptors (Lipinski definition) is 11. The molecule has 0 radical (unpaired) electrons. The number of ether oxygens (including phenoxy) is 3. The van der Waals surface area contributed by atoms with E-state index in [1.165, 1.54) is 25.3 Å². The van der Waals surface area contributed by atoms with Crippen LogP contribution in [0.25, 0.3) is 22.3 Å². The Hall–Kier alpha value is -3.51. The standard InChI is InChI=1S/C21H20O11/c1-29-13-3-2-8(4-10(13)23)19-20(32-21-18(28)16(26)12(25)7-30-21)17(27)15-11(24)5-9(22)6-14(15)31-19/h2-6,12,16,18,21-26,28H,7H2,1H3/t12-,16-,18+,21-/m0/s1. The fourth-order valence-electron chi connectivity index (χ4n) is 3.40. The third-order valence-corrected chi connectivity index (χ3v) is 5.05. The molecule has 0 spiro atoms. The summed E-state index contributed by atoms with van der Waals surface area (Å²) in [5, 5.41) is 59.6. The van der Waals surface area contributed by atoms with Crippen molar-refractivity contribution in [3.8, 4) is 40.1 Å². The van der Waals surface area contributed by atoms with Gasteiger partial charge in [0.2, 0.25) is 17.5 Å². The van der Waals surface area contributed by atoms with Gasteiger partial charge in [0, 0.05) is 17.7 Å². The van der Waals surface area contributed by atoms with Crippen LogP contribution in [0.15, 0.2) is 39.5 Å². The second-order valence-electron chi connectivity index (χ2n) is 7.18. The first kappa shape index (κ1) is 21.7. The lowest BCUT2D eigenvalue weighted by Crippen LogP contribution is -2.55. The Morgan fingerprint density at radius 3 is 2.44 bits per heavy atom. The largest absolute Gasteiger partial charge is 0.508 e. The third-order valence-electron chi connectivity index (χ3n) is 5.05. The van der Waals surface area contributed by atoms with E-state index in [-0.39, 0.29) is 46.1 Å². The molecule has 4 rings (SSSR count). The molecule has 1 aliphatic heterocycles. The molecule has 1 aromatic heterocycles. The third kappa shape index (κ3) is 3.67. The summed E-state index contributed by atoms with van der Waals surface area (Å²) in [6, 6.07) is 6.14. The topological polar surface area (TPSA) is 179 Å². The van der Waals surface area contributed by atoms with Crippen molar-refractivity contribution < 1.29 is 49.3 Å². The molecule has 170 valence electrons. The molecule has 1 aliphatic rings. The van der Waals surface area contributed by atoms with Crippen LogP contribution < -0.4 is 14.9 Å². The van der Waals surface area contributed by atoms with Gasteiger partial charge in [0.05, 0.1) is 13.7 Å². The number of rotatable bonds is 4. The van der Waals surface area contributed by atoms with E-state index in [1.807, 2.05) is 0 Å². The molecule has 11 heteroatoms. The van der Waals surface area contributed by atoms with Gasteiger partial charge in [-0.25, -0.2) is 0 Å². The van der Waals surface area contributed by atoms with E-state index in [0.717, 1.165) is 12.1 Å². The van der Waals surface area contributed by atoms with Gasteiger partial charge in [-0.2, -0.15) is 0 Å². The first-order chi connectivity index (χ1) is 15.2. The van der Waals surface area contributed by atoms with E-state index >= 15 is 0 Å². The summed E-state index contributed by atoms with van der Waals surface area (Å²) in [6.07, 6.45) is -6.22. The number of methoxy groups -OCH3 is 1. The summed E-state index contributed by atoms with van der Waals surface area (Å²) in [4.78, 5) is 13.2. The highest BCUT2D eigenvalue weighted by Gasteiger charge is 2.40. The van der Waals surface area contributed by atoms with Crippen LogP contribution in [0.1, 0.15) is 0 Å². The highest BCUT2D eigenvalue weighted by atomic mass is 16.7. The van der Waals surface area contributed by atoms with Crippen LogP contribution >= 0.6 is 0 Å². The van der Waals surface area contributed by atoms with Crippen molar-refractivity contribution in [2.24, 2.45) is 0 Å². The van der Waals surface area contributed by atoms with Gasteiger partial charge in [-0.05, 0) is 18.2 Å². The molecule has 0 amide bonds. The lowest BCUT2D eigenvalue weighted by atomic mass is 10.1. The molecule has 2 aromatic carbocycles. The van der Waals surface area contributed by atoms with Gasteiger partial charge >= 0.3 is 0 Å². The van der Waals surface area contributed by atoms with Crippen molar-refractivity contribution in [1.29, 1.82) is 0 Å². The zero-order chi connectivity index (χ0) is 23.2. The zero-order valence-electron chi connectivity index (χ0n) is 16.6. The van der Waals surface area contributed by atoms with Crippen molar-refractivity contribution in [2.45, 2.75) is 24.6 Å². The maximum Gasteiger partial charge on any atom is 0.239 e. The Morgan fingerprint density at radius 2 is 1.75 bits per heavy atom. The summed E-state index contributed by atoms with van der Waals surface area (Å²) < 4.78 is 21.5. The summed E-state index contributed by atoms with van der Waals surface area (Å²) in [5.41, 5.74) is -0.887. The van der Waals surface area contributed by atoms with Crippen molar-refractivity contribution >= 4 is 11.0 Å². The van der Waals surface area contributed by atoms with Crippen molar-refractivity contribution in [3.05, 3.63) is 40.6 Å². The molecule has 4 atom stereocenters. The van der Waals surface area contributed by atoms with Crippen molar-refractivity contribution in [1.82, 2.24) is 0 Å². The van der Waals surface area contributed by atoms with Crippen molar-refractivity contribution in [3.63, 3.8) is 0 Å². The molecule has 0 bridgehead atoms. The predicted octanol–water partition coefficient (Wildman–Crippen LogP) is 0.403.